The van der Waals surface area contributed by atoms with Gasteiger partial charge in [-0.15, -0.1) is 36.4 Å². The summed E-state index contributed by atoms with van der Waals surface area (Å²) in [5.74, 6) is -9.96. The molecule has 2 N–H and O–H groups in total. The van der Waals surface area contributed by atoms with Gasteiger partial charge in [0.1, 0.15) is 22.6 Å². The van der Waals surface area contributed by atoms with E-state index in [1.807, 2.05) is 0 Å². The third kappa shape index (κ3) is 8.06. The van der Waals surface area contributed by atoms with Crippen LogP contribution >= 0.6 is 34.8 Å². The molecule has 1 saturated carbocycles. The van der Waals surface area contributed by atoms with Gasteiger partial charge in [-0.25, -0.2) is 13.2 Å². The Morgan fingerprint density at radius 3 is 2.20 bits per heavy atom. The van der Waals surface area contributed by atoms with Crippen LogP contribution in [0.15, 0.2) is 48.5 Å². The Morgan fingerprint density at radius 1 is 0.891 bits per heavy atom. The Hall–Kier alpha value is -3.53. The number of ketones is 1. The predicted octanol–water partition coefficient (Wildman–Crippen LogP) is 8.20. The van der Waals surface area contributed by atoms with Crippen molar-refractivity contribution in [2.24, 2.45) is 5.92 Å². The summed E-state index contributed by atoms with van der Waals surface area (Å²) in [5, 5.41) is 4.21. The lowest BCUT2D eigenvalue weighted by Gasteiger charge is -2.13. The zero-order valence-corrected chi connectivity index (χ0v) is 24.6. The average Bonchev–Trinajstić information content (AvgIpc) is 3.53. The van der Waals surface area contributed by atoms with Crippen LogP contribution in [0, 0.1) is 23.4 Å². The molecular weight excluding hydrogens is 706 g/mol. The number of hydrogen-bond acceptors (Lipinski definition) is 4. The Kier molecular flexibility index (Phi) is 9.93. The first-order valence-electron chi connectivity index (χ1n) is 12.6. The van der Waals surface area contributed by atoms with Crippen LogP contribution in [-0.4, -0.2) is 34.9 Å². The first-order chi connectivity index (χ1) is 21.2. The van der Waals surface area contributed by atoms with Gasteiger partial charge in [0.2, 0.25) is 5.91 Å². The first-order valence-corrected chi connectivity index (χ1v) is 13.7. The second-order valence-corrected chi connectivity index (χ2v) is 11.7. The zero-order chi connectivity index (χ0) is 34.4. The number of alkyl halides is 8. The SMILES string of the molecule is O=C(COC(F)(F)F)Cc1c(F)ccc(NC(=O)c2cc(NC(=O)[C@H]3[C@H](c4cc(F)cc(C(F)(F)F)c4)C3(Cl)Cl)ccc2Cl)c1F. The van der Waals surface area contributed by atoms with Crippen molar-refractivity contribution in [1.29, 1.82) is 0 Å². The summed E-state index contributed by atoms with van der Waals surface area (Å²) in [4.78, 5) is 37.7. The van der Waals surface area contributed by atoms with Gasteiger partial charge in [0.25, 0.3) is 5.91 Å². The van der Waals surface area contributed by atoms with Crippen LogP contribution in [0.4, 0.5) is 50.9 Å². The summed E-state index contributed by atoms with van der Waals surface area (Å²) in [7, 11) is 0. The van der Waals surface area contributed by atoms with Gasteiger partial charge in [-0.1, -0.05) is 11.6 Å². The van der Waals surface area contributed by atoms with E-state index in [0.717, 1.165) is 24.3 Å². The van der Waals surface area contributed by atoms with E-state index in [4.69, 9.17) is 34.8 Å². The van der Waals surface area contributed by atoms with Gasteiger partial charge in [-0.2, -0.15) is 13.2 Å². The van der Waals surface area contributed by atoms with Gasteiger partial charge < -0.3 is 10.6 Å². The van der Waals surface area contributed by atoms with Gasteiger partial charge in [-0.05, 0) is 54.1 Å². The van der Waals surface area contributed by atoms with E-state index in [2.05, 4.69) is 15.4 Å². The van der Waals surface area contributed by atoms with E-state index < -0.39 is 93.6 Å². The number of hydrogen-bond donors (Lipinski definition) is 2. The summed E-state index contributed by atoms with van der Waals surface area (Å²) >= 11 is 18.4. The minimum absolute atomic E-state index is 0.111. The molecule has 246 valence electrons. The Balaban J connectivity index is 1.50. The van der Waals surface area contributed by atoms with Crippen LogP contribution in [0.25, 0.3) is 0 Å². The van der Waals surface area contributed by atoms with Gasteiger partial charge in [0, 0.05) is 23.6 Å². The standard InChI is InChI=1S/C28H16Cl3F9N2O4/c29-18-2-1-14(41-25(45)22-21(26(22,30)31)11-5-12(27(35,36)37)7-13(32)6-11)8-16(18)24(44)42-20-4-3-19(33)17(23(20)34)9-15(43)10-46-28(38,39)40/h1-8,21-22H,9-10H2,(H,41,45)(H,42,44)/t21-,22+/m0/s1. The number of ether oxygens (including phenoxy) is 1. The Morgan fingerprint density at radius 2 is 1.57 bits per heavy atom. The molecular formula is C28H16Cl3F9N2O4. The van der Waals surface area contributed by atoms with Gasteiger partial charge in [0.15, 0.2) is 11.6 Å². The van der Waals surface area contributed by atoms with E-state index in [1.54, 1.807) is 0 Å². The predicted molar refractivity (Wildman–Crippen MR) is 147 cm³/mol. The van der Waals surface area contributed by atoms with Crippen LogP contribution in [0.2, 0.25) is 5.02 Å². The highest BCUT2D eigenvalue weighted by atomic mass is 35.5. The fourth-order valence-corrected chi connectivity index (χ4v) is 5.51. The van der Waals surface area contributed by atoms with Gasteiger partial charge in [0.05, 0.1) is 27.8 Å². The van der Waals surface area contributed by atoms with Crippen LogP contribution in [0.3, 0.4) is 0 Å². The lowest BCUT2D eigenvalue weighted by molar-refractivity contribution is -0.320. The normalized spacial score (nSPS) is 17.4. The highest BCUT2D eigenvalue weighted by Crippen LogP contribution is 2.65. The number of amides is 2. The lowest BCUT2D eigenvalue weighted by atomic mass is 10.0. The topological polar surface area (TPSA) is 84.5 Å². The summed E-state index contributed by atoms with van der Waals surface area (Å²) < 4.78 is 121. The third-order valence-corrected chi connectivity index (χ3v) is 7.90. The molecule has 0 saturated heterocycles. The number of benzene rings is 3. The van der Waals surface area contributed by atoms with Crippen molar-refractivity contribution < 1.29 is 58.6 Å². The quantitative estimate of drug-likeness (QED) is 0.172. The molecule has 1 fully saturated rings. The molecule has 0 bridgehead atoms. The zero-order valence-electron chi connectivity index (χ0n) is 22.4. The molecule has 18 heteroatoms. The molecule has 1 aliphatic carbocycles. The molecule has 2 amide bonds. The molecule has 4 rings (SSSR count). The van der Waals surface area contributed by atoms with Crippen molar-refractivity contribution in [2.75, 3.05) is 17.2 Å². The summed E-state index contributed by atoms with van der Waals surface area (Å²) in [5.41, 5.74) is -3.73. The summed E-state index contributed by atoms with van der Waals surface area (Å²) in [6.45, 7) is -1.51. The van der Waals surface area contributed by atoms with Crippen molar-refractivity contribution in [1.82, 2.24) is 0 Å². The van der Waals surface area contributed by atoms with E-state index in [0.29, 0.717) is 12.1 Å². The average molecular weight is 722 g/mol. The van der Waals surface area contributed by atoms with E-state index in [1.165, 1.54) is 6.07 Å². The van der Waals surface area contributed by atoms with Crippen molar-refractivity contribution in [3.05, 3.63) is 93.3 Å². The minimum atomic E-state index is -5.16. The van der Waals surface area contributed by atoms with Crippen LogP contribution < -0.4 is 10.6 Å². The van der Waals surface area contributed by atoms with E-state index in [-0.39, 0.29) is 27.9 Å². The second-order valence-electron chi connectivity index (χ2n) is 9.88. The molecule has 0 radical (unpaired) electrons. The maximum atomic E-state index is 15.0. The molecule has 0 spiro atoms. The van der Waals surface area contributed by atoms with Gasteiger partial charge >= 0.3 is 12.5 Å². The number of Topliss-reactive ketones (excluding diaryl/α,β-unsaturated/α-hetero) is 1. The lowest BCUT2D eigenvalue weighted by Crippen LogP contribution is -2.22. The smallest absolute Gasteiger partial charge is 0.326 e. The number of anilines is 2. The third-order valence-electron chi connectivity index (χ3n) is 6.63. The summed E-state index contributed by atoms with van der Waals surface area (Å²) in [6.07, 6.45) is -11.2. The van der Waals surface area contributed by atoms with Crippen molar-refractivity contribution in [3.63, 3.8) is 0 Å². The molecule has 0 aromatic heterocycles. The molecule has 2 atom stereocenters. The number of halogens is 12. The van der Waals surface area contributed by atoms with Crippen LogP contribution in [0.1, 0.15) is 33.0 Å². The van der Waals surface area contributed by atoms with E-state index >= 15 is 0 Å². The maximum Gasteiger partial charge on any atom is 0.522 e. The molecule has 0 aliphatic heterocycles. The fourth-order valence-electron chi connectivity index (χ4n) is 4.48. The molecule has 3 aromatic rings. The van der Waals surface area contributed by atoms with Crippen molar-refractivity contribution in [2.45, 2.75) is 29.2 Å². The van der Waals surface area contributed by atoms with Crippen molar-refractivity contribution >= 4 is 63.8 Å². The summed E-state index contributed by atoms with van der Waals surface area (Å²) in [6, 6.07) is 6.41. The van der Waals surface area contributed by atoms with Crippen LogP contribution in [0.5, 0.6) is 0 Å². The largest absolute Gasteiger partial charge is 0.522 e. The van der Waals surface area contributed by atoms with Crippen LogP contribution in [-0.2, 0) is 26.9 Å². The highest BCUT2D eigenvalue weighted by molar-refractivity contribution is 6.53. The molecule has 6 nitrogen and oxygen atoms in total. The highest BCUT2D eigenvalue weighted by Gasteiger charge is 2.67. The van der Waals surface area contributed by atoms with Gasteiger partial charge in [-0.3, -0.25) is 19.1 Å². The Bertz CT molecular complexity index is 1710. The molecule has 1 aliphatic rings. The number of carbonyl (C=O) groups is 3. The maximum absolute atomic E-state index is 15.0. The number of rotatable bonds is 9. The molecule has 3 aromatic carbocycles. The Labute approximate surface area is 267 Å². The number of carbonyl (C=O) groups excluding carboxylic acids is 3. The molecule has 0 unspecified atom stereocenters. The second kappa shape index (κ2) is 12.9. The minimum Gasteiger partial charge on any atom is -0.326 e. The van der Waals surface area contributed by atoms with Crippen molar-refractivity contribution in [3.8, 4) is 0 Å². The fraction of sp³-hybridized carbons (Fsp3) is 0.250. The molecule has 0 heterocycles. The number of nitrogens with one attached hydrogen (secondary N) is 2. The van der Waals surface area contributed by atoms with E-state index in [9.17, 15) is 53.9 Å². The molecule has 46 heavy (non-hydrogen) atoms. The first kappa shape index (κ1) is 35.3. The monoisotopic (exact) mass is 720 g/mol.